The van der Waals surface area contributed by atoms with Gasteiger partial charge in [-0.15, -0.1) is 0 Å². The van der Waals surface area contributed by atoms with E-state index in [1.807, 2.05) is 0 Å². The van der Waals surface area contributed by atoms with Crippen LogP contribution in [0, 0.1) is 5.82 Å². The molecule has 1 aromatic rings. The van der Waals surface area contributed by atoms with Crippen LogP contribution in [-0.2, 0) is 5.92 Å². The van der Waals surface area contributed by atoms with Crippen LogP contribution in [0.4, 0.5) is 13.2 Å². The molecule has 0 heterocycles. The van der Waals surface area contributed by atoms with E-state index in [-0.39, 0.29) is 11.5 Å². The summed E-state index contributed by atoms with van der Waals surface area (Å²) in [7, 11) is 0. The Morgan fingerprint density at radius 1 is 1.19 bits per heavy atom. The topological polar surface area (TPSA) is 20.2 Å². The smallest absolute Gasteiger partial charge is 0.301 e. The van der Waals surface area contributed by atoms with E-state index in [4.69, 9.17) is 5.11 Å². The van der Waals surface area contributed by atoms with Crippen LogP contribution in [0.3, 0.4) is 0 Å². The average Bonchev–Trinajstić information content (AvgIpc) is 2.16. The Morgan fingerprint density at radius 2 is 1.75 bits per heavy atom. The molecule has 1 aromatic carbocycles. The fraction of sp³-hybridized carbons (Fsp3) is 0.500. The number of halogens is 3. The number of hydrogen-bond donors (Lipinski definition) is 1. The van der Waals surface area contributed by atoms with Crippen molar-refractivity contribution in [2.24, 2.45) is 0 Å². The summed E-state index contributed by atoms with van der Waals surface area (Å²) in [6.45, 7) is 4.40. The van der Waals surface area contributed by atoms with E-state index in [1.54, 1.807) is 13.8 Å². The van der Waals surface area contributed by atoms with Crippen LogP contribution in [0.5, 0.6) is 0 Å². The monoisotopic (exact) mass is 232 g/mol. The molecule has 0 saturated heterocycles. The summed E-state index contributed by atoms with van der Waals surface area (Å²) in [5.41, 5.74) is -0.508. The van der Waals surface area contributed by atoms with Crippen molar-refractivity contribution in [1.82, 2.24) is 0 Å². The van der Waals surface area contributed by atoms with Gasteiger partial charge < -0.3 is 5.11 Å². The third kappa shape index (κ3) is 2.21. The van der Waals surface area contributed by atoms with E-state index < -0.39 is 23.4 Å². The minimum Gasteiger partial charge on any atom is -0.387 e. The van der Waals surface area contributed by atoms with Crippen molar-refractivity contribution in [2.45, 2.75) is 38.7 Å². The molecule has 0 aromatic heterocycles. The van der Waals surface area contributed by atoms with Crippen molar-refractivity contribution >= 4 is 0 Å². The normalized spacial score (nSPS) is 14.2. The van der Waals surface area contributed by atoms with Gasteiger partial charge in [0, 0.05) is 0 Å². The van der Waals surface area contributed by atoms with Gasteiger partial charge >= 0.3 is 5.92 Å². The van der Waals surface area contributed by atoms with Crippen molar-refractivity contribution in [3.63, 3.8) is 0 Å². The number of alkyl halides is 2. The quantitative estimate of drug-likeness (QED) is 0.846. The van der Waals surface area contributed by atoms with Crippen molar-refractivity contribution in [2.75, 3.05) is 0 Å². The summed E-state index contributed by atoms with van der Waals surface area (Å²) in [6, 6.07) is 3.86. The van der Waals surface area contributed by atoms with Gasteiger partial charge in [-0.2, -0.15) is 8.78 Å². The first-order chi connectivity index (χ1) is 7.28. The summed E-state index contributed by atoms with van der Waals surface area (Å²) in [5.74, 6) is -4.66. The average molecular weight is 232 g/mol. The van der Waals surface area contributed by atoms with Crippen LogP contribution in [0.1, 0.15) is 37.8 Å². The van der Waals surface area contributed by atoms with E-state index in [9.17, 15) is 13.2 Å². The second kappa shape index (κ2) is 4.45. The number of hydrogen-bond acceptors (Lipinski definition) is 1. The van der Waals surface area contributed by atoms with Gasteiger partial charge in [0.1, 0.15) is 11.9 Å². The highest BCUT2D eigenvalue weighted by atomic mass is 19.3. The van der Waals surface area contributed by atoms with E-state index in [0.717, 1.165) is 13.0 Å². The van der Waals surface area contributed by atoms with Crippen LogP contribution in [0.15, 0.2) is 18.2 Å². The number of aliphatic hydroxyl groups is 1. The Labute approximate surface area is 92.9 Å². The maximum absolute atomic E-state index is 13.8. The summed E-state index contributed by atoms with van der Waals surface area (Å²) in [5, 5.41) is 8.97. The Balaban J connectivity index is 3.31. The largest absolute Gasteiger partial charge is 0.387 e. The highest BCUT2D eigenvalue weighted by Gasteiger charge is 2.40. The molecule has 0 bridgehead atoms. The van der Waals surface area contributed by atoms with E-state index in [2.05, 4.69) is 0 Å². The van der Waals surface area contributed by atoms with Crippen LogP contribution >= 0.6 is 0 Å². The van der Waals surface area contributed by atoms with Crippen LogP contribution < -0.4 is 0 Å². The summed E-state index contributed by atoms with van der Waals surface area (Å²) < 4.78 is 40.8. The van der Waals surface area contributed by atoms with Crippen LogP contribution in [0.25, 0.3) is 0 Å². The zero-order chi connectivity index (χ0) is 12.5. The minimum atomic E-state index is -3.56. The molecular formula is C12H15F3O. The van der Waals surface area contributed by atoms with Gasteiger partial charge in [0.15, 0.2) is 0 Å². The number of rotatable bonds is 3. The lowest BCUT2D eigenvalue weighted by molar-refractivity contribution is -0.108. The molecule has 4 heteroatoms. The third-order valence-electron chi connectivity index (χ3n) is 2.53. The lowest BCUT2D eigenvalue weighted by atomic mass is 9.95. The maximum atomic E-state index is 13.8. The Hall–Kier alpha value is -1.03. The summed E-state index contributed by atoms with van der Waals surface area (Å²) in [4.78, 5) is 0. The Kier molecular flexibility index (Phi) is 3.63. The fourth-order valence-corrected chi connectivity index (χ4v) is 1.48. The van der Waals surface area contributed by atoms with Crippen molar-refractivity contribution < 1.29 is 18.3 Å². The first-order valence-electron chi connectivity index (χ1n) is 5.13. The molecule has 0 spiro atoms. The molecule has 0 radical (unpaired) electrons. The molecule has 0 aliphatic rings. The molecule has 0 aliphatic carbocycles. The SMILES string of the molecule is CC(C)c1cccc(C(F)(F)C(C)O)c1F. The molecule has 1 N–H and O–H groups in total. The van der Waals surface area contributed by atoms with Gasteiger partial charge in [-0.25, -0.2) is 4.39 Å². The fourth-order valence-electron chi connectivity index (χ4n) is 1.48. The Bertz CT molecular complexity index is 373. The zero-order valence-corrected chi connectivity index (χ0v) is 9.47. The highest BCUT2D eigenvalue weighted by Crippen LogP contribution is 2.35. The second-order valence-electron chi connectivity index (χ2n) is 4.16. The molecule has 0 amide bonds. The van der Waals surface area contributed by atoms with Crippen molar-refractivity contribution in [1.29, 1.82) is 0 Å². The van der Waals surface area contributed by atoms with Gasteiger partial charge in [0.25, 0.3) is 0 Å². The molecule has 1 rings (SSSR count). The number of aliphatic hydroxyl groups excluding tert-OH is 1. The highest BCUT2D eigenvalue weighted by molar-refractivity contribution is 5.31. The summed E-state index contributed by atoms with van der Waals surface area (Å²) in [6.07, 6.45) is -1.91. The van der Waals surface area contributed by atoms with Gasteiger partial charge in [-0.1, -0.05) is 26.0 Å². The molecule has 1 nitrogen and oxygen atoms in total. The predicted molar refractivity (Wildman–Crippen MR) is 56.1 cm³/mol. The first-order valence-corrected chi connectivity index (χ1v) is 5.13. The molecule has 16 heavy (non-hydrogen) atoms. The molecule has 1 atom stereocenters. The van der Waals surface area contributed by atoms with Gasteiger partial charge in [0.2, 0.25) is 0 Å². The van der Waals surface area contributed by atoms with Crippen molar-refractivity contribution in [3.05, 3.63) is 35.1 Å². The molecule has 1 unspecified atom stereocenters. The molecular weight excluding hydrogens is 217 g/mol. The lowest BCUT2D eigenvalue weighted by Gasteiger charge is -2.22. The van der Waals surface area contributed by atoms with E-state index in [1.165, 1.54) is 12.1 Å². The molecule has 90 valence electrons. The minimum absolute atomic E-state index is 0.176. The molecule has 0 saturated carbocycles. The zero-order valence-electron chi connectivity index (χ0n) is 9.47. The Morgan fingerprint density at radius 3 is 2.19 bits per heavy atom. The standard InChI is InChI=1S/C12H15F3O/c1-7(2)9-5-4-6-10(11(9)13)12(14,15)8(3)16/h4-8,16H,1-3H3. The maximum Gasteiger partial charge on any atom is 0.301 e. The van der Waals surface area contributed by atoms with Crippen molar-refractivity contribution in [3.8, 4) is 0 Å². The van der Waals surface area contributed by atoms with E-state index >= 15 is 0 Å². The van der Waals surface area contributed by atoms with E-state index in [0.29, 0.717) is 0 Å². The third-order valence-corrected chi connectivity index (χ3v) is 2.53. The first kappa shape index (κ1) is 13.0. The predicted octanol–water partition coefficient (Wildman–Crippen LogP) is 3.42. The van der Waals surface area contributed by atoms with Gasteiger partial charge in [-0.3, -0.25) is 0 Å². The molecule has 0 fully saturated rings. The lowest BCUT2D eigenvalue weighted by Crippen LogP contribution is -2.29. The van der Waals surface area contributed by atoms with Gasteiger partial charge in [-0.05, 0) is 24.5 Å². The number of benzene rings is 1. The van der Waals surface area contributed by atoms with Gasteiger partial charge in [0.05, 0.1) is 5.56 Å². The molecule has 0 aliphatic heterocycles. The summed E-state index contributed by atoms with van der Waals surface area (Å²) >= 11 is 0. The van der Waals surface area contributed by atoms with Crippen LogP contribution in [0.2, 0.25) is 0 Å². The van der Waals surface area contributed by atoms with Crippen LogP contribution in [-0.4, -0.2) is 11.2 Å². The second-order valence-corrected chi connectivity index (χ2v) is 4.16.